The summed E-state index contributed by atoms with van der Waals surface area (Å²) in [6, 6.07) is 0. The highest BCUT2D eigenvalue weighted by molar-refractivity contribution is 5.28. The van der Waals surface area contributed by atoms with Crippen molar-refractivity contribution in [1.29, 1.82) is 0 Å². The van der Waals surface area contributed by atoms with E-state index < -0.39 is 0 Å². The minimum atomic E-state index is 0.0572. The molecule has 122 valence electrons. The second-order valence-electron chi connectivity index (χ2n) is 4.86. The van der Waals surface area contributed by atoms with Crippen LogP contribution in [-0.2, 0) is 9.47 Å². The van der Waals surface area contributed by atoms with Crippen LogP contribution < -0.4 is 0 Å². The highest BCUT2D eigenvalue weighted by atomic mass is 16.5. The van der Waals surface area contributed by atoms with Gasteiger partial charge in [-0.05, 0) is 31.4 Å². The highest BCUT2D eigenvalue weighted by Gasteiger charge is 2.03. The molecule has 0 atom stereocenters. The second-order valence-corrected chi connectivity index (χ2v) is 4.86. The number of hydrogen-bond acceptors (Lipinski definition) is 3. The van der Waals surface area contributed by atoms with Gasteiger partial charge in [0.15, 0.2) is 0 Å². The Kier molecular flexibility index (Phi) is 15.2. The number of allylic oxidation sites excluding steroid dienone is 3. The number of aliphatic hydroxyl groups is 1. The van der Waals surface area contributed by atoms with Gasteiger partial charge in [-0.25, -0.2) is 0 Å². The van der Waals surface area contributed by atoms with Gasteiger partial charge in [0.25, 0.3) is 0 Å². The molecule has 0 aliphatic carbocycles. The molecule has 0 radical (unpaired) electrons. The summed E-state index contributed by atoms with van der Waals surface area (Å²) in [4.78, 5) is 0. The minimum Gasteiger partial charge on any atom is -0.509 e. The number of unbranched alkanes of at least 4 members (excludes halogenated alkanes) is 4. The molecular weight excluding hydrogens is 264 g/mol. The number of rotatable bonds is 10. The molecule has 3 nitrogen and oxygen atoms in total. The average molecular weight is 296 g/mol. The fourth-order valence-electron chi connectivity index (χ4n) is 1.54. The Labute approximate surface area is 130 Å². The van der Waals surface area contributed by atoms with Gasteiger partial charge in [0.2, 0.25) is 0 Å². The summed E-state index contributed by atoms with van der Waals surface area (Å²) >= 11 is 0. The highest BCUT2D eigenvalue weighted by Crippen LogP contribution is 2.18. The van der Waals surface area contributed by atoms with Crippen molar-refractivity contribution in [2.75, 3.05) is 14.2 Å². The van der Waals surface area contributed by atoms with Crippen LogP contribution in [0.1, 0.15) is 52.4 Å². The lowest BCUT2D eigenvalue weighted by Crippen LogP contribution is -1.93. The van der Waals surface area contributed by atoms with Crippen LogP contribution in [0.5, 0.6) is 0 Å². The molecule has 0 aromatic carbocycles. The van der Waals surface area contributed by atoms with Crippen molar-refractivity contribution in [3.05, 3.63) is 48.7 Å². The Bertz CT molecular complexity index is 340. The molecule has 0 saturated heterocycles. The fourth-order valence-corrected chi connectivity index (χ4v) is 1.54. The van der Waals surface area contributed by atoms with Gasteiger partial charge in [-0.15, -0.1) is 0 Å². The average Bonchev–Trinajstić information content (AvgIpc) is 2.45. The van der Waals surface area contributed by atoms with Crippen molar-refractivity contribution in [2.45, 2.75) is 52.4 Å². The maximum Gasteiger partial charge on any atom is 0.115 e. The molecule has 3 heteroatoms. The van der Waals surface area contributed by atoms with E-state index in [0.717, 1.165) is 24.2 Å². The Hall–Kier alpha value is -1.64. The molecule has 0 aromatic rings. The summed E-state index contributed by atoms with van der Waals surface area (Å²) in [7, 11) is 3.19. The maximum absolute atomic E-state index is 9.14. The van der Waals surface area contributed by atoms with E-state index in [2.05, 4.69) is 31.4 Å². The van der Waals surface area contributed by atoms with E-state index in [1.54, 1.807) is 27.2 Å². The molecule has 0 aliphatic heterocycles. The molecule has 0 aliphatic rings. The van der Waals surface area contributed by atoms with E-state index in [1.165, 1.54) is 25.7 Å². The number of hydrogen-bond donors (Lipinski definition) is 1. The van der Waals surface area contributed by atoms with Crippen molar-refractivity contribution < 1.29 is 14.6 Å². The zero-order chi connectivity index (χ0) is 16.7. The summed E-state index contributed by atoms with van der Waals surface area (Å²) in [5.41, 5.74) is 0.937. The van der Waals surface area contributed by atoms with Gasteiger partial charge in [0.1, 0.15) is 11.5 Å². The molecule has 0 heterocycles. The maximum atomic E-state index is 9.14. The van der Waals surface area contributed by atoms with E-state index >= 15 is 0 Å². The first kappa shape index (κ1) is 21.7. The molecule has 0 bridgehead atoms. The SMILES string of the molecule is C=C(C)OC.C=C(O)/C=C(/CCCCCCC)C(=C)OC. The van der Waals surface area contributed by atoms with Gasteiger partial charge in [-0.1, -0.05) is 52.3 Å². The molecule has 0 saturated carbocycles. The molecule has 0 spiro atoms. The molecule has 1 N–H and O–H groups in total. The zero-order valence-corrected chi connectivity index (χ0v) is 14.2. The third-order valence-corrected chi connectivity index (χ3v) is 2.84. The molecule has 0 aromatic heterocycles. The smallest absolute Gasteiger partial charge is 0.115 e. The lowest BCUT2D eigenvalue weighted by atomic mass is 10.0. The summed E-state index contributed by atoms with van der Waals surface area (Å²) < 4.78 is 9.63. The van der Waals surface area contributed by atoms with Gasteiger partial charge >= 0.3 is 0 Å². The van der Waals surface area contributed by atoms with Crippen molar-refractivity contribution in [2.24, 2.45) is 0 Å². The first-order valence-corrected chi connectivity index (χ1v) is 7.40. The van der Waals surface area contributed by atoms with Crippen LogP contribution in [0.4, 0.5) is 0 Å². The van der Waals surface area contributed by atoms with Crippen LogP contribution in [0, 0.1) is 0 Å². The first-order valence-electron chi connectivity index (χ1n) is 7.40. The van der Waals surface area contributed by atoms with Crippen LogP contribution in [0.25, 0.3) is 0 Å². The van der Waals surface area contributed by atoms with E-state index in [-0.39, 0.29) is 5.76 Å². The fraction of sp³-hybridized carbons (Fsp3) is 0.556. The molecular formula is C18H32O3. The van der Waals surface area contributed by atoms with Gasteiger partial charge in [-0.3, -0.25) is 0 Å². The van der Waals surface area contributed by atoms with E-state index in [0.29, 0.717) is 5.76 Å². The van der Waals surface area contributed by atoms with Crippen LogP contribution in [0.2, 0.25) is 0 Å². The predicted molar refractivity (Wildman–Crippen MR) is 91.2 cm³/mol. The number of ether oxygens (including phenoxy) is 2. The van der Waals surface area contributed by atoms with E-state index in [1.807, 2.05) is 0 Å². The largest absolute Gasteiger partial charge is 0.509 e. The first-order chi connectivity index (χ1) is 9.88. The van der Waals surface area contributed by atoms with Crippen molar-refractivity contribution in [1.82, 2.24) is 0 Å². The van der Waals surface area contributed by atoms with Crippen molar-refractivity contribution in [3.8, 4) is 0 Å². The van der Waals surface area contributed by atoms with E-state index in [4.69, 9.17) is 9.84 Å². The monoisotopic (exact) mass is 296 g/mol. The lowest BCUT2D eigenvalue weighted by Gasteiger charge is -2.09. The van der Waals surface area contributed by atoms with Crippen LogP contribution in [0.15, 0.2) is 48.7 Å². The quantitative estimate of drug-likeness (QED) is 0.320. The summed E-state index contributed by atoms with van der Waals surface area (Å²) in [6.45, 7) is 14.7. The third-order valence-electron chi connectivity index (χ3n) is 2.84. The molecule has 0 unspecified atom stereocenters. The lowest BCUT2D eigenvalue weighted by molar-refractivity contribution is 0.295. The van der Waals surface area contributed by atoms with E-state index in [9.17, 15) is 0 Å². The normalized spacial score (nSPS) is 10.2. The predicted octanol–water partition coefficient (Wildman–Crippen LogP) is 5.67. The van der Waals surface area contributed by atoms with Crippen LogP contribution in [-0.4, -0.2) is 19.3 Å². The second kappa shape index (κ2) is 14.8. The Morgan fingerprint density at radius 3 is 1.90 bits per heavy atom. The molecule has 0 amide bonds. The number of methoxy groups -OCH3 is 2. The van der Waals surface area contributed by atoms with Gasteiger partial charge in [0, 0.05) is 0 Å². The van der Waals surface area contributed by atoms with Gasteiger partial charge < -0.3 is 14.6 Å². The van der Waals surface area contributed by atoms with Crippen LogP contribution in [0.3, 0.4) is 0 Å². The summed E-state index contributed by atoms with van der Waals surface area (Å²) in [5.74, 6) is 1.43. The molecule has 21 heavy (non-hydrogen) atoms. The minimum absolute atomic E-state index is 0.0572. The standard InChI is InChI=1S/C14H24O2.C4H8O/c1-5-6-7-8-9-10-14(11-12(2)15)13(3)16-4;1-4(2)5-3/h11,15H,2-3,5-10H2,1,4H3;1H2,2-3H3/b14-11-;. The van der Waals surface area contributed by atoms with Gasteiger partial charge in [0.05, 0.1) is 20.0 Å². The Balaban J connectivity index is 0. The molecule has 0 rings (SSSR count). The van der Waals surface area contributed by atoms with Crippen LogP contribution >= 0.6 is 0 Å². The topological polar surface area (TPSA) is 38.7 Å². The number of aliphatic hydroxyl groups excluding tert-OH is 1. The Morgan fingerprint density at radius 2 is 1.52 bits per heavy atom. The van der Waals surface area contributed by atoms with Crippen molar-refractivity contribution in [3.63, 3.8) is 0 Å². The zero-order valence-electron chi connectivity index (χ0n) is 14.2. The van der Waals surface area contributed by atoms with Gasteiger partial charge in [-0.2, -0.15) is 0 Å². The third kappa shape index (κ3) is 16.3. The summed E-state index contributed by atoms with van der Waals surface area (Å²) in [6.07, 6.45) is 8.63. The molecule has 0 fully saturated rings. The Morgan fingerprint density at radius 1 is 1.00 bits per heavy atom. The van der Waals surface area contributed by atoms with Crippen molar-refractivity contribution >= 4 is 0 Å². The summed E-state index contributed by atoms with van der Waals surface area (Å²) in [5, 5.41) is 9.14.